The molecule has 0 aromatic heterocycles. The molecule has 0 radical (unpaired) electrons. The lowest BCUT2D eigenvalue weighted by Gasteiger charge is -2.18. The number of ether oxygens (including phenoxy) is 3. The van der Waals surface area contributed by atoms with Gasteiger partial charge in [0.1, 0.15) is 13.2 Å². The molecule has 0 N–H and O–H groups in total. The summed E-state index contributed by atoms with van der Waals surface area (Å²) in [5.41, 5.74) is 0. The lowest BCUT2D eigenvalue weighted by atomic mass is 10.0. The van der Waals surface area contributed by atoms with Crippen LogP contribution in [0.15, 0.2) is 72.9 Å². The van der Waals surface area contributed by atoms with E-state index < -0.39 is 6.10 Å². The van der Waals surface area contributed by atoms with Gasteiger partial charge in [0.05, 0.1) is 0 Å². The molecule has 0 spiro atoms. The highest BCUT2D eigenvalue weighted by Crippen LogP contribution is 2.17. The van der Waals surface area contributed by atoms with E-state index in [4.69, 9.17) is 14.2 Å². The van der Waals surface area contributed by atoms with Crippen LogP contribution in [0.4, 0.5) is 0 Å². The Morgan fingerprint density at radius 3 is 0.813 bits per heavy atom. The zero-order valence-corrected chi connectivity index (χ0v) is 49.8. The lowest BCUT2D eigenvalue weighted by Crippen LogP contribution is -2.30. The molecule has 1 unspecified atom stereocenters. The summed E-state index contributed by atoms with van der Waals surface area (Å²) in [5.74, 6) is -0.891. The van der Waals surface area contributed by atoms with E-state index in [1.165, 1.54) is 186 Å². The van der Waals surface area contributed by atoms with E-state index in [9.17, 15) is 14.4 Å². The quantitative estimate of drug-likeness (QED) is 0.0261. The maximum Gasteiger partial charge on any atom is 0.306 e. The van der Waals surface area contributed by atoms with Crippen LogP contribution < -0.4 is 0 Å². The van der Waals surface area contributed by atoms with E-state index in [1.807, 2.05) is 0 Å². The van der Waals surface area contributed by atoms with Gasteiger partial charge in [-0.3, -0.25) is 14.4 Å². The smallest absolute Gasteiger partial charge is 0.306 e. The summed E-state index contributed by atoms with van der Waals surface area (Å²) in [5, 5.41) is 0. The van der Waals surface area contributed by atoms with Crippen molar-refractivity contribution in [1.29, 1.82) is 0 Å². The third kappa shape index (κ3) is 61.6. The summed E-state index contributed by atoms with van der Waals surface area (Å²) in [4.78, 5) is 38.3. The van der Waals surface area contributed by atoms with Crippen LogP contribution in [0.2, 0.25) is 0 Å². The van der Waals surface area contributed by atoms with E-state index in [0.29, 0.717) is 19.3 Å². The molecule has 0 bridgehead atoms. The van der Waals surface area contributed by atoms with Crippen molar-refractivity contribution in [3.8, 4) is 0 Å². The molecule has 434 valence electrons. The summed E-state index contributed by atoms with van der Waals surface area (Å²) < 4.78 is 16.9. The van der Waals surface area contributed by atoms with Crippen LogP contribution in [0, 0.1) is 0 Å². The normalized spacial score (nSPS) is 12.5. The first-order chi connectivity index (χ1) is 37.0. The van der Waals surface area contributed by atoms with Crippen molar-refractivity contribution in [2.45, 2.75) is 335 Å². The number of hydrogen-bond acceptors (Lipinski definition) is 6. The number of hydrogen-bond donors (Lipinski definition) is 0. The number of esters is 3. The van der Waals surface area contributed by atoms with Crippen LogP contribution in [-0.2, 0) is 28.6 Å². The third-order valence-corrected chi connectivity index (χ3v) is 14.1. The van der Waals surface area contributed by atoms with Crippen molar-refractivity contribution in [1.82, 2.24) is 0 Å². The first kappa shape index (κ1) is 71.8. The predicted molar refractivity (Wildman–Crippen MR) is 325 cm³/mol. The molecule has 75 heavy (non-hydrogen) atoms. The Hall–Kier alpha value is -3.15. The highest BCUT2D eigenvalue weighted by molar-refractivity contribution is 5.71. The van der Waals surface area contributed by atoms with Crippen molar-refractivity contribution in [3.05, 3.63) is 72.9 Å². The third-order valence-electron chi connectivity index (χ3n) is 14.1. The standard InChI is InChI=1S/C69H122O6/c1-4-7-10-13-16-19-22-25-27-29-30-31-32-33-34-35-36-37-38-40-41-44-47-50-53-56-59-62-68(71)74-65-66(64-73-67(70)61-58-55-52-49-46-43-24-21-18-15-12-9-6-3)75-69(72)63-60-57-54-51-48-45-42-39-28-26-23-20-17-14-11-8-5-2/h12,15,17,20-22,24-26,28-30,66H,4-11,13-14,16,18-19,23,27,31-65H2,1-3H3/b15-12-,20-17-,24-21-,25-22-,28-26-,30-29-. The van der Waals surface area contributed by atoms with Gasteiger partial charge in [-0.2, -0.15) is 0 Å². The van der Waals surface area contributed by atoms with Crippen molar-refractivity contribution in [3.63, 3.8) is 0 Å². The Morgan fingerprint density at radius 2 is 0.507 bits per heavy atom. The molecule has 0 saturated carbocycles. The van der Waals surface area contributed by atoms with Gasteiger partial charge in [0.2, 0.25) is 0 Å². The van der Waals surface area contributed by atoms with Crippen molar-refractivity contribution >= 4 is 17.9 Å². The van der Waals surface area contributed by atoms with E-state index in [0.717, 1.165) is 103 Å². The summed E-state index contributed by atoms with van der Waals surface area (Å²) in [7, 11) is 0. The van der Waals surface area contributed by atoms with Crippen molar-refractivity contribution in [2.75, 3.05) is 13.2 Å². The monoisotopic (exact) mass is 1050 g/mol. The van der Waals surface area contributed by atoms with Gasteiger partial charge in [-0.05, 0) is 109 Å². The fraction of sp³-hybridized carbons (Fsp3) is 0.783. The molecular weight excluding hydrogens is 925 g/mol. The highest BCUT2D eigenvalue weighted by atomic mass is 16.6. The second-order valence-electron chi connectivity index (χ2n) is 21.7. The fourth-order valence-electron chi connectivity index (χ4n) is 9.25. The summed E-state index contributed by atoms with van der Waals surface area (Å²) in [6, 6.07) is 0. The van der Waals surface area contributed by atoms with Gasteiger partial charge in [0.25, 0.3) is 0 Å². The van der Waals surface area contributed by atoms with Gasteiger partial charge in [-0.15, -0.1) is 0 Å². The minimum Gasteiger partial charge on any atom is -0.462 e. The van der Waals surface area contributed by atoms with Crippen LogP contribution in [0.5, 0.6) is 0 Å². The van der Waals surface area contributed by atoms with Crippen molar-refractivity contribution < 1.29 is 28.6 Å². The van der Waals surface area contributed by atoms with Crippen molar-refractivity contribution in [2.24, 2.45) is 0 Å². The number of carbonyl (C=O) groups excluding carboxylic acids is 3. The molecule has 0 aromatic rings. The van der Waals surface area contributed by atoms with Gasteiger partial charge >= 0.3 is 17.9 Å². The molecule has 0 aliphatic heterocycles. The molecule has 0 rings (SSSR count). The highest BCUT2D eigenvalue weighted by Gasteiger charge is 2.19. The van der Waals surface area contributed by atoms with E-state index >= 15 is 0 Å². The zero-order valence-electron chi connectivity index (χ0n) is 49.8. The molecular formula is C69H122O6. The van der Waals surface area contributed by atoms with Gasteiger partial charge in [0, 0.05) is 19.3 Å². The molecule has 6 heteroatoms. The zero-order chi connectivity index (χ0) is 54.3. The summed E-state index contributed by atoms with van der Waals surface area (Å²) in [6.45, 7) is 6.56. The van der Waals surface area contributed by atoms with Crippen LogP contribution in [0.25, 0.3) is 0 Å². The number of rotatable bonds is 59. The second-order valence-corrected chi connectivity index (χ2v) is 21.7. The fourth-order valence-corrected chi connectivity index (χ4v) is 9.25. The first-order valence-corrected chi connectivity index (χ1v) is 32.4. The summed E-state index contributed by atoms with van der Waals surface area (Å²) >= 11 is 0. The van der Waals surface area contributed by atoms with Crippen LogP contribution in [-0.4, -0.2) is 37.2 Å². The molecule has 0 saturated heterocycles. The maximum absolute atomic E-state index is 12.9. The maximum atomic E-state index is 12.9. The molecule has 0 amide bonds. The molecule has 0 heterocycles. The van der Waals surface area contributed by atoms with Crippen LogP contribution >= 0.6 is 0 Å². The number of carbonyl (C=O) groups is 3. The molecule has 0 aliphatic carbocycles. The minimum atomic E-state index is -0.786. The lowest BCUT2D eigenvalue weighted by molar-refractivity contribution is -0.167. The first-order valence-electron chi connectivity index (χ1n) is 32.4. The minimum absolute atomic E-state index is 0.0814. The number of unbranched alkanes of at least 4 members (excludes halogenated alkanes) is 36. The second kappa shape index (κ2) is 63.4. The molecule has 0 fully saturated rings. The largest absolute Gasteiger partial charge is 0.462 e. The van der Waals surface area contributed by atoms with Gasteiger partial charge in [-0.1, -0.05) is 273 Å². The van der Waals surface area contributed by atoms with E-state index in [2.05, 4.69) is 93.7 Å². The van der Waals surface area contributed by atoms with Gasteiger partial charge < -0.3 is 14.2 Å². The summed E-state index contributed by atoms with van der Waals surface area (Å²) in [6.07, 6.45) is 82.0. The number of allylic oxidation sites excluding steroid dienone is 12. The predicted octanol–water partition coefficient (Wildman–Crippen LogP) is 22.1. The average molecular weight is 1050 g/mol. The molecule has 6 nitrogen and oxygen atoms in total. The Labute approximate surface area is 465 Å². The topological polar surface area (TPSA) is 78.9 Å². The Morgan fingerprint density at radius 1 is 0.267 bits per heavy atom. The Bertz CT molecular complexity index is 1390. The van der Waals surface area contributed by atoms with E-state index in [1.54, 1.807) is 0 Å². The van der Waals surface area contributed by atoms with Gasteiger partial charge in [-0.25, -0.2) is 0 Å². The van der Waals surface area contributed by atoms with Gasteiger partial charge in [0.15, 0.2) is 6.10 Å². The van der Waals surface area contributed by atoms with Crippen LogP contribution in [0.3, 0.4) is 0 Å². The molecule has 1 atom stereocenters. The van der Waals surface area contributed by atoms with E-state index in [-0.39, 0.29) is 31.1 Å². The van der Waals surface area contributed by atoms with Crippen LogP contribution in [0.1, 0.15) is 329 Å². The molecule has 0 aromatic carbocycles. The Balaban J connectivity index is 4.25. The molecule has 0 aliphatic rings. The Kier molecular flexibility index (Phi) is 60.7. The SMILES string of the molecule is CCC/C=C\C/C=C\CCCCCCCC(=O)OCC(COC(=O)CCCCCCCCCCCCCCCCC/C=C\C/C=C\CCCCCCC)OC(=O)CCCCCCCCC/C=C\C/C=C\CCCCC. The average Bonchev–Trinajstić information content (AvgIpc) is 3.41.